The van der Waals surface area contributed by atoms with Crippen LogP contribution in [0.5, 0.6) is 0 Å². The first kappa shape index (κ1) is 11.3. The average molecular weight is 238 g/mol. The second-order valence-electron chi connectivity index (χ2n) is 3.61. The van der Waals surface area contributed by atoms with Gasteiger partial charge in [0, 0.05) is 5.25 Å². The second-order valence-corrected chi connectivity index (χ2v) is 4.84. The molecule has 1 unspecified atom stereocenters. The van der Waals surface area contributed by atoms with Crippen LogP contribution in [0.3, 0.4) is 0 Å². The van der Waals surface area contributed by atoms with Gasteiger partial charge in [0.15, 0.2) is 5.16 Å². The molecule has 0 radical (unpaired) electrons. The van der Waals surface area contributed by atoms with Gasteiger partial charge in [0.05, 0.1) is 13.3 Å². The lowest BCUT2D eigenvalue weighted by molar-refractivity contribution is 0.0594. The van der Waals surface area contributed by atoms with E-state index in [2.05, 4.69) is 26.9 Å². The Balaban J connectivity index is 1.99. The molecule has 0 bridgehead atoms. The van der Waals surface area contributed by atoms with Crippen molar-refractivity contribution in [1.82, 2.24) is 9.97 Å². The van der Waals surface area contributed by atoms with Crippen LogP contribution in [0.2, 0.25) is 0 Å². The van der Waals surface area contributed by atoms with Crippen molar-refractivity contribution < 1.29 is 9.53 Å². The summed E-state index contributed by atoms with van der Waals surface area (Å²) in [5.41, 5.74) is 0.407. The number of aromatic nitrogens is 2. The zero-order valence-electron chi connectivity index (χ0n) is 9.10. The molecular weight excluding hydrogens is 224 g/mol. The highest BCUT2D eigenvalue weighted by Crippen LogP contribution is 2.27. The number of hydrogen-bond acceptors (Lipinski definition) is 4. The summed E-state index contributed by atoms with van der Waals surface area (Å²) in [6.45, 7) is 0. The molecule has 0 aliphatic heterocycles. The van der Waals surface area contributed by atoms with Crippen LogP contribution in [0.4, 0.5) is 0 Å². The highest BCUT2D eigenvalue weighted by Gasteiger charge is 2.14. The van der Waals surface area contributed by atoms with Gasteiger partial charge in [0.2, 0.25) is 0 Å². The number of nitrogens with one attached hydrogen (secondary N) is 1. The number of aromatic amines is 1. The first-order chi connectivity index (χ1) is 7.79. The van der Waals surface area contributed by atoms with Gasteiger partial charge in [-0.05, 0) is 19.3 Å². The van der Waals surface area contributed by atoms with E-state index in [0.717, 1.165) is 11.6 Å². The van der Waals surface area contributed by atoms with E-state index in [-0.39, 0.29) is 5.97 Å². The van der Waals surface area contributed by atoms with Gasteiger partial charge in [0.25, 0.3) is 0 Å². The maximum atomic E-state index is 11.2. The van der Waals surface area contributed by atoms with Crippen LogP contribution >= 0.6 is 11.8 Å². The number of carbonyl (C=O) groups is 1. The molecule has 1 atom stereocenters. The van der Waals surface area contributed by atoms with Crippen molar-refractivity contribution in [1.29, 1.82) is 0 Å². The normalized spacial score (nSPS) is 19.7. The molecular formula is C11H14N2O2S. The first-order valence-electron chi connectivity index (χ1n) is 5.26. The van der Waals surface area contributed by atoms with Gasteiger partial charge in [-0.2, -0.15) is 0 Å². The Bertz CT molecular complexity index is 400. The van der Waals surface area contributed by atoms with E-state index in [1.807, 2.05) is 0 Å². The topological polar surface area (TPSA) is 55.0 Å². The van der Waals surface area contributed by atoms with Crippen LogP contribution in [0, 0.1) is 0 Å². The predicted octanol–water partition coefficient (Wildman–Crippen LogP) is 2.40. The summed E-state index contributed by atoms with van der Waals surface area (Å²) in [4.78, 5) is 18.3. The third-order valence-corrected chi connectivity index (χ3v) is 3.56. The van der Waals surface area contributed by atoms with Gasteiger partial charge in [-0.1, -0.05) is 23.9 Å². The van der Waals surface area contributed by atoms with Crippen molar-refractivity contribution in [2.75, 3.05) is 7.11 Å². The Morgan fingerprint density at radius 3 is 3.25 bits per heavy atom. The highest BCUT2D eigenvalue weighted by atomic mass is 32.2. The van der Waals surface area contributed by atoms with Gasteiger partial charge in [-0.3, -0.25) is 0 Å². The van der Waals surface area contributed by atoms with Crippen molar-refractivity contribution in [3.05, 3.63) is 24.0 Å². The monoisotopic (exact) mass is 238 g/mol. The SMILES string of the molecule is COC(=O)c1cnc(SC2C=CCCC2)[nH]1. The third-order valence-electron chi connectivity index (χ3n) is 2.43. The third kappa shape index (κ3) is 2.66. The standard InChI is InChI=1S/C11H14N2O2S/c1-15-10(14)9-7-12-11(13-9)16-8-5-3-2-4-6-8/h3,5,7-8H,2,4,6H2,1H3,(H,12,13). The second kappa shape index (κ2) is 5.21. The molecule has 0 amide bonds. The lowest BCUT2D eigenvalue weighted by atomic mass is 10.1. The van der Waals surface area contributed by atoms with Gasteiger partial charge < -0.3 is 9.72 Å². The Morgan fingerprint density at radius 1 is 1.69 bits per heavy atom. The van der Waals surface area contributed by atoms with E-state index >= 15 is 0 Å². The molecule has 1 aliphatic carbocycles. The summed E-state index contributed by atoms with van der Waals surface area (Å²) >= 11 is 1.65. The van der Waals surface area contributed by atoms with Gasteiger partial charge in [-0.25, -0.2) is 9.78 Å². The number of ether oxygens (including phenoxy) is 1. The number of carbonyl (C=O) groups excluding carboxylic acids is 1. The van der Waals surface area contributed by atoms with Crippen LogP contribution in [0.1, 0.15) is 29.8 Å². The molecule has 16 heavy (non-hydrogen) atoms. The minimum absolute atomic E-state index is 0.376. The van der Waals surface area contributed by atoms with E-state index in [0.29, 0.717) is 10.9 Å². The van der Waals surface area contributed by atoms with E-state index in [1.165, 1.54) is 26.1 Å². The fourth-order valence-corrected chi connectivity index (χ4v) is 2.64. The molecule has 1 N–H and O–H groups in total. The molecule has 2 rings (SSSR count). The largest absolute Gasteiger partial charge is 0.464 e. The zero-order valence-corrected chi connectivity index (χ0v) is 9.92. The summed E-state index contributed by atoms with van der Waals surface area (Å²) in [5, 5.41) is 1.24. The van der Waals surface area contributed by atoms with Gasteiger partial charge in [0.1, 0.15) is 5.69 Å². The average Bonchev–Trinajstić information content (AvgIpc) is 2.78. The molecule has 0 spiro atoms. The number of esters is 1. The minimum Gasteiger partial charge on any atom is -0.464 e. The van der Waals surface area contributed by atoms with Gasteiger partial charge in [-0.15, -0.1) is 0 Å². The summed E-state index contributed by atoms with van der Waals surface area (Å²) in [7, 11) is 1.36. The van der Waals surface area contributed by atoms with E-state index in [1.54, 1.807) is 11.8 Å². The maximum Gasteiger partial charge on any atom is 0.356 e. The van der Waals surface area contributed by atoms with Crippen LogP contribution in [-0.4, -0.2) is 28.3 Å². The summed E-state index contributed by atoms with van der Waals surface area (Å²) in [6, 6.07) is 0. The number of thioether (sulfide) groups is 1. The molecule has 1 aromatic rings. The number of imidazole rings is 1. The van der Waals surface area contributed by atoms with Crippen molar-refractivity contribution in [3.63, 3.8) is 0 Å². The Kier molecular flexibility index (Phi) is 3.66. The molecule has 0 aromatic carbocycles. The number of H-pyrrole nitrogens is 1. The van der Waals surface area contributed by atoms with E-state index < -0.39 is 0 Å². The van der Waals surface area contributed by atoms with Crippen molar-refractivity contribution in [2.24, 2.45) is 0 Å². The summed E-state index contributed by atoms with van der Waals surface area (Å²) < 4.78 is 4.61. The molecule has 86 valence electrons. The Labute approximate surface area is 98.5 Å². The predicted molar refractivity (Wildman–Crippen MR) is 62.6 cm³/mol. The fourth-order valence-electron chi connectivity index (χ4n) is 1.60. The number of methoxy groups -OCH3 is 1. The molecule has 4 nitrogen and oxygen atoms in total. The lowest BCUT2D eigenvalue weighted by Gasteiger charge is -2.13. The molecule has 1 heterocycles. The van der Waals surface area contributed by atoms with Gasteiger partial charge >= 0.3 is 5.97 Å². The summed E-state index contributed by atoms with van der Waals surface area (Å²) in [6.07, 6.45) is 9.47. The molecule has 0 saturated carbocycles. The zero-order chi connectivity index (χ0) is 11.4. The number of allylic oxidation sites excluding steroid dienone is 1. The fraction of sp³-hybridized carbons (Fsp3) is 0.455. The van der Waals surface area contributed by atoms with Crippen molar-refractivity contribution in [2.45, 2.75) is 29.7 Å². The van der Waals surface area contributed by atoms with Crippen LogP contribution in [-0.2, 0) is 4.74 Å². The van der Waals surface area contributed by atoms with Crippen LogP contribution in [0.15, 0.2) is 23.5 Å². The smallest absolute Gasteiger partial charge is 0.356 e. The van der Waals surface area contributed by atoms with Crippen LogP contribution < -0.4 is 0 Å². The molecule has 1 aliphatic rings. The molecule has 1 aromatic heterocycles. The number of rotatable bonds is 3. The Hall–Kier alpha value is -1.23. The summed E-state index contributed by atoms with van der Waals surface area (Å²) in [5.74, 6) is -0.376. The number of nitrogens with zero attached hydrogens (tertiary/aromatic N) is 1. The van der Waals surface area contributed by atoms with Crippen molar-refractivity contribution >= 4 is 17.7 Å². The van der Waals surface area contributed by atoms with E-state index in [9.17, 15) is 4.79 Å². The quantitative estimate of drug-likeness (QED) is 0.649. The van der Waals surface area contributed by atoms with Crippen LogP contribution in [0.25, 0.3) is 0 Å². The van der Waals surface area contributed by atoms with Crippen molar-refractivity contribution in [3.8, 4) is 0 Å². The Morgan fingerprint density at radius 2 is 2.56 bits per heavy atom. The molecule has 0 saturated heterocycles. The van der Waals surface area contributed by atoms with E-state index in [4.69, 9.17) is 0 Å². The molecule has 0 fully saturated rings. The minimum atomic E-state index is -0.376. The molecule has 5 heteroatoms. The lowest BCUT2D eigenvalue weighted by Crippen LogP contribution is -2.03. The highest BCUT2D eigenvalue weighted by molar-refractivity contribution is 7.99. The number of hydrogen-bond donors (Lipinski definition) is 1. The first-order valence-corrected chi connectivity index (χ1v) is 6.14. The maximum absolute atomic E-state index is 11.2.